The summed E-state index contributed by atoms with van der Waals surface area (Å²) >= 11 is 0. The van der Waals surface area contributed by atoms with Gasteiger partial charge < -0.3 is 24.6 Å². The van der Waals surface area contributed by atoms with Crippen LogP contribution in [-0.2, 0) is 4.79 Å². The Kier molecular flexibility index (Phi) is 4.42. The number of benzene rings is 2. The highest BCUT2D eigenvalue weighted by Crippen LogP contribution is 2.41. The maximum Gasteiger partial charge on any atom is 0.227 e. The fourth-order valence-electron chi connectivity index (χ4n) is 2.99. The lowest BCUT2D eigenvalue weighted by molar-refractivity contribution is -0.117. The molecule has 0 spiro atoms. The zero-order valence-electron chi connectivity index (χ0n) is 14.5. The van der Waals surface area contributed by atoms with E-state index in [0.29, 0.717) is 47.3 Å². The van der Waals surface area contributed by atoms with E-state index >= 15 is 0 Å². The second-order valence-electron chi connectivity index (χ2n) is 6.52. The molecule has 2 N–H and O–H groups in total. The molecule has 136 valence electrons. The molecule has 0 saturated heterocycles. The lowest BCUT2D eigenvalue weighted by Gasteiger charge is -2.23. The Morgan fingerprint density at radius 3 is 2.42 bits per heavy atom. The summed E-state index contributed by atoms with van der Waals surface area (Å²) in [6.45, 7) is 0.919. The Labute approximate surface area is 151 Å². The fraction of sp³-hybridized carbons (Fsp3) is 0.350. The van der Waals surface area contributed by atoms with E-state index in [4.69, 9.17) is 14.2 Å². The van der Waals surface area contributed by atoms with Crippen LogP contribution in [0.1, 0.15) is 30.1 Å². The van der Waals surface area contributed by atoms with E-state index in [1.54, 1.807) is 43.5 Å². The van der Waals surface area contributed by atoms with Crippen LogP contribution in [-0.4, -0.2) is 31.3 Å². The van der Waals surface area contributed by atoms with Crippen molar-refractivity contribution in [3.05, 3.63) is 47.5 Å². The van der Waals surface area contributed by atoms with Crippen molar-refractivity contribution in [3.63, 3.8) is 0 Å². The number of carbonyl (C=O) groups is 1. The van der Waals surface area contributed by atoms with Gasteiger partial charge in [0, 0.05) is 17.5 Å². The van der Waals surface area contributed by atoms with Crippen molar-refractivity contribution in [2.24, 2.45) is 5.92 Å². The van der Waals surface area contributed by atoms with Crippen molar-refractivity contribution in [3.8, 4) is 17.2 Å². The lowest BCUT2D eigenvalue weighted by atomic mass is 9.98. The minimum Gasteiger partial charge on any atom is -0.497 e. The van der Waals surface area contributed by atoms with Crippen LogP contribution in [0.2, 0.25) is 0 Å². The van der Waals surface area contributed by atoms with E-state index in [0.717, 1.165) is 12.8 Å². The second kappa shape index (κ2) is 6.88. The molecule has 0 unspecified atom stereocenters. The largest absolute Gasteiger partial charge is 0.497 e. The highest BCUT2D eigenvalue weighted by atomic mass is 16.6. The molecular formula is C20H21NO5. The molecule has 1 heterocycles. The number of anilines is 1. The summed E-state index contributed by atoms with van der Waals surface area (Å²) in [5, 5.41) is 13.9. The number of methoxy groups -OCH3 is 1. The summed E-state index contributed by atoms with van der Waals surface area (Å²) < 4.78 is 16.4. The number of nitrogens with one attached hydrogen (secondary N) is 1. The number of ether oxygens (including phenoxy) is 3. The molecule has 4 rings (SSSR count). The van der Waals surface area contributed by atoms with Crippen LogP contribution in [0.25, 0.3) is 0 Å². The first-order valence-corrected chi connectivity index (χ1v) is 8.72. The van der Waals surface area contributed by atoms with E-state index in [2.05, 4.69) is 5.32 Å². The van der Waals surface area contributed by atoms with Crippen LogP contribution in [0.5, 0.6) is 17.2 Å². The molecule has 6 heteroatoms. The van der Waals surface area contributed by atoms with Crippen LogP contribution in [0, 0.1) is 5.92 Å². The molecule has 2 aromatic rings. The summed E-state index contributed by atoms with van der Waals surface area (Å²) in [5.41, 5.74) is 1.83. The van der Waals surface area contributed by atoms with Crippen molar-refractivity contribution in [2.45, 2.75) is 18.9 Å². The Morgan fingerprint density at radius 1 is 1.15 bits per heavy atom. The average molecular weight is 355 g/mol. The van der Waals surface area contributed by atoms with Crippen molar-refractivity contribution in [1.82, 2.24) is 0 Å². The summed E-state index contributed by atoms with van der Waals surface area (Å²) in [7, 11) is 1.60. The lowest BCUT2D eigenvalue weighted by Crippen LogP contribution is -2.19. The molecule has 0 radical (unpaired) electrons. The van der Waals surface area contributed by atoms with E-state index in [9.17, 15) is 9.90 Å². The molecule has 2 aliphatic rings. The van der Waals surface area contributed by atoms with Crippen LogP contribution >= 0.6 is 0 Å². The molecular weight excluding hydrogens is 334 g/mol. The SMILES string of the molecule is COc1ccc([C@H](O)c2cc3c(cc2NC(=O)C2CC2)OCCO3)cc1. The third-order valence-corrected chi connectivity index (χ3v) is 4.65. The third kappa shape index (κ3) is 3.32. The van der Waals surface area contributed by atoms with Crippen LogP contribution < -0.4 is 19.5 Å². The maximum atomic E-state index is 12.3. The van der Waals surface area contributed by atoms with Gasteiger partial charge in [-0.05, 0) is 36.6 Å². The van der Waals surface area contributed by atoms with Gasteiger partial charge in [0.2, 0.25) is 5.91 Å². The van der Waals surface area contributed by atoms with Gasteiger partial charge in [0.05, 0.1) is 12.8 Å². The van der Waals surface area contributed by atoms with Crippen LogP contribution in [0.4, 0.5) is 5.69 Å². The van der Waals surface area contributed by atoms with Gasteiger partial charge in [0.1, 0.15) is 25.1 Å². The Morgan fingerprint density at radius 2 is 1.81 bits per heavy atom. The molecule has 1 amide bonds. The number of rotatable bonds is 5. The van der Waals surface area contributed by atoms with Crippen molar-refractivity contribution >= 4 is 11.6 Å². The second-order valence-corrected chi connectivity index (χ2v) is 6.52. The molecule has 26 heavy (non-hydrogen) atoms. The molecule has 6 nitrogen and oxygen atoms in total. The first-order valence-electron chi connectivity index (χ1n) is 8.72. The summed E-state index contributed by atoms with van der Waals surface area (Å²) in [6.07, 6.45) is 0.908. The number of aliphatic hydroxyl groups is 1. The molecule has 1 saturated carbocycles. The van der Waals surface area contributed by atoms with Gasteiger partial charge in [-0.15, -0.1) is 0 Å². The normalized spacial score (nSPS) is 16.7. The zero-order valence-corrected chi connectivity index (χ0v) is 14.5. The minimum absolute atomic E-state index is 0.0233. The van der Waals surface area contributed by atoms with Gasteiger partial charge in [-0.1, -0.05) is 12.1 Å². The predicted octanol–water partition coefficient (Wildman–Crippen LogP) is 2.90. The first kappa shape index (κ1) is 16.7. The van der Waals surface area contributed by atoms with Crippen molar-refractivity contribution < 1.29 is 24.1 Å². The molecule has 2 aromatic carbocycles. The van der Waals surface area contributed by atoms with E-state index in [1.807, 2.05) is 0 Å². The van der Waals surface area contributed by atoms with Crippen LogP contribution in [0.15, 0.2) is 36.4 Å². The zero-order chi connectivity index (χ0) is 18.1. The average Bonchev–Trinajstić information content (AvgIpc) is 3.52. The van der Waals surface area contributed by atoms with Gasteiger partial charge in [-0.2, -0.15) is 0 Å². The maximum absolute atomic E-state index is 12.3. The van der Waals surface area contributed by atoms with E-state index in [-0.39, 0.29) is 11.8 Å². The number of aliphatic hydroxyl groups excluding tert-OH is 1. The Balaban J connectivity index is 1.70. The molecule has 0 bridgehead atoms. The van der Waals surface area contributed by atoms with Gasteiger partial charge in [0.15, 0.2) is 11.5 Å². The molecule has 0 aromatic heterocycles. The van der Waals surface area contributed by atoms with Crippen molar-refractivity contribution in [1.29, 1.82) is 0 Å². The number of amides is 1. The van der Waals surface area contributed by atoms with Gasteiger partial charge in [-0.25, -0.2) is 0 Å². The number of hydrogen-bond acceptors (Lipinski definition) is 5. The Bertz CT molecular complexity index is 814. The highest BCUT2D eigenvalue weighted by molar-refractivity contribution is 5.95. The van der Waals surface area contributed by atoms with Gasteiger partial charge in [0.25, 0.3) is 0 Å². The van der Waals surface area contributed by atoms with E-state index < -0.39 is 6.10 Å². The van der Waals surface area contributed by atoms with Gasteiger partial charge >= 0.3 is 0 Å². The third-order valence-electron chi connectivity index (χ3n) is 4.65. The number of carbonyl (C=O) groups excluding carboxylic acids is 1. The number of hydrogen-bond donors (Lipinski definition) is 2. The summed E-state index contributed by atoms with van der Waals surface area (Å²) in [4.78, 5) is 12.3. The topological polar surface area (TPSA) is 77.0 Å². The molecule has 1 fully saturated rings. The van der Waals surface area contributed by atoms with E-state index in [1.165, 1.54) is 0 Å². The minimum atomic E-state index is -0.911. The predicted molar refractivity (Wildman–Crippen MR) is 95.8 cm³/mol. The number of fused-ring (bicyclic) bond motifs is 1. The molecule has 1 atom stereocenters. The fourth-order valence-corrected chi connectivity index (χ4v) is 2.99. The molecule has 1 aliphatic carbocycles. The van der Waals surface area contributed by atoms with Gasteiger partial charge in [-0.3, -0.25) is 4.79 Å². The Hall–Kier alpha value is -2.73. The quantitative estimate of drug-likeness (QED) is 0.862. The standard InChI is InChI=1S/C20H21NO5/c1-24-14-6-4-12(5-7-14)19(22)15-10-17-18(26-9-8-25-17)11-16(15)21-20(23)13-2-3-13/h4-7,10-11,13,19,22H,2-3,8-9H2,1H3,(H,21,23)/t19-/m0/s1. The first-order chi connectivity index (χ1) is 12.7. The smallest absolute Gasteiger partial charge is 0.227 e. The highest BCUT2D eigenvalue weighted by Gasteiger charge is 2.31. The molecule has 1 aliphatic heterocycles. The summed E-state index contributed by atoms with van der Waals surface area (Å²) in [5.74, 6) is 1.90. The van der Waals surface area contributed by atoms with Crippen LogP contribution in [0.3, 0.4) is 0 Å². The van der Waals surface area contributed by atoms with Crippen molar-refractivity contribution in [2.75, 3.05) is 25.6 Å². The summed E-state index contributed by atoms with van der Waals surface area (Å²) in [6, 6.07) is 10.7. The monoisotopic (exact) mass is 355 g/mol.